The Kier molecular flexibility index (Phi) is 7.89. The van der Waals surface area contributed by atoms with Crippen LogP contribution >= 0.6 is 11.6 Å². The van der Waals surface area contributed by atoms with Crippen molar-refractivity contribution >= 4 is 40.8 Å². The first-order valence-electron chi connectivity index (χ1n) is 12.8. The van der Waals surface area contributed by atoms with Gasteiger partial charge in [-0.3, -0.25) is 9.59 Å². The van der Waals surface area contributed by atoms with E-state index in [2.05, 4.69) is 10.4 Å². The zero-order valence-corrected chi connectivity index (χ0v) is 23.0. The Hall–Kier alpha value is -4.89. The van der Waals surface area contributed by atoms with Crippen molar-refractivity contribution < 1.29 is 28.6 Å². The molecule has 2 N–H and O–H groups in total. The molecule has 0 bridgehead atoms. The predicted octanol–water partition coefficient (Wildman–Crippen LogP) is 5.82. The number of methoxy groups -OCH3 is 1. The van der Waals surface area contributed by atoms with Crippen LogP contribution in [0.4, 0.5) is 5.69 Å². The summed E-state index contributed by atoms with van der Waals surface area (Å²) in [5, 5.41) is 18.0. The van der Waals surface area contributed by atoms with Crippen LogP contribution in [0.5, 0.6) is 5.75 Å². The van der Waals surface area contributed by atoms with E-state index in [1.165, 1.54) is 17.1 Å². The van der Waals surface area contributed by atoms with Crippen LogP contribution in [-0.2, 0) is 17.8 Å². The number of halogens is 1. The maximum absolute atomic E-state index is 13.2. The molecule has 1 unspecified atom stereocenters. The molecular weight excluding hydrogens is 546 g/mol. The Bertz CT molecular complexity index is 1660. The van der Waals surface area contributed by atoms with E-state index in [1.807, 2.05) is 24.3 Å². The molecule has 41 heavy (non-hydrogen) atoms. The lowest BCUT2D eigenvalue weighted by atomic mass is 9.99. The van der Waals surface area contributed by atoms with Crippen molar-refractivity contribution in [1.82, 2.24) is 5.32 Å². The van der Waals surface area contributed by atoms with E-state index in [9.17, 15) is 14.4 Å². The van der Waals surface area contributed by atoms with Crippen LogP contribution in [0.25, 0.3) is 11.3 Å². The molecule has 0 radical (unpaired) electrons. The SMILES string of the molecule is COc1cccc(CNC(=O)c2cc(-c3ccc(CC4C(=O)N(c5ccc(C(=O)O)cc5)N=C4C)o3)ccc2Cl)c1. The number of amides is 2. The van der Waals surface area contributed by atoms with Gasteiger partial charge < -0.3 is 19.6 Å². The number of carboxylic acids is 1. The number of carbonyl (C=O) groups is 3. The van der Waals surface area contributed by atoms with Gasteiger partial charge in [0.25, 0.3) is 11.8 Å². The van der Waals surface area contributed by atoms with Gasteiger partial charge in [-0.15, -0.1) is 0 Å². The Labute approximate surface area is 241 Å². The summed E-state index contributed by atoms with van der Waals surface area (Å²) in [6.45, 7) is 2.08. The zero-order valence-electron chi connectivity index (χ0n) is 22.3. The zero-order chi connectivity index (χ0) is 29.1. The highest BCUT2D eigenvalue weighted by molar-refractivity contribution is 6.34. The number of ether oxygens (including phenoxy) is 1. The minimum Gasteiger partial charge on any atom is -0.497 e. The number of carbonyl (C=O) groups excluding carboxylic acids is 2. The van der Waals surface area contributed by atoms with Gasteiger partial charge in [-0.05, 0) is 79.2 Å². The first kappa shape index (κ1) is 27.7. The van der Waals surface area contributed by atoms with Crippen molar-refractivity contribution in [3.05, 3.63) is 106 Å². The molecule has 0 aliphatic carbocycles. The van der Waals surface area contributed by atoms with Gasteiger partial charge in [-0.2, -0.15) is 5.10 Å². The minimum atomic E-state index is -1.04. The summed E-state index contributed by atoms with van der Waals surface area (Å²) in [5.41, 5.74) is 3.09. The van der Waals surface area contributed by atoms with Gasteiger partial charge in [0.2, 0.25) is 0 Å². The third-order valence-electron chi connectivity index (χ3n) is 6.78. The molecule has 2 amide bonds. The second kappa shape index (κ2) is 11.7. The molecule has 0 fully saturated rings. The molecule has 0 saturated carbocycles. The monoisotopic (exact) mass is 571 g/mol. The smallest absolute Gasteiger partial charge is 0.335 e. The molecule has 4 aromatic rings. The molecule has 208 valence electrons. The number of nitrogens with one attached hydrogen (secondary N) is 1. The molecule has 10 heteroatoms. The van der Waals surface area contributed by atoms with Crippen molar-refractivity contribution in [2.45, 2.75) is 19.9 Å². The Balaban J connectivity index is 1.27. The average Bonchev–Trinajstić information content (AvgIpc) is 3.56. The van der Waals surface area contributed by atoms with E-state index in [0.717, 1.165) is 5.56 Å². The Morgan fingerprint density at radius 3 is 2.59 bits per heavy atom. The summed E-state index contributed by atoms with van der Waals surface area (Å²) < 4.78 is 11.3. The van der Waals surface area contributed by atoms with Gasteiger partial charge in [0, 0.05) is 24.2 Å². The van der Waals surface area contributed by atoms with Crippen LogP contribution in [0.2, 0.25) is 5.02 Å². The van der Waals surface area contributed by atoms with Gasteiger partial charge in [-0.1, -0.05) is 23.7 Å². The number of anilines is 1. The molecule has 1 atom stereocenters. The third-order valence-corrected chi connectivity index (χ3v) is 7.11. The fraction of sp³-hybridized carbons (Fsp3) is 0.161. The third kappa shape index (κ3) is 6.00. The van der Waals surface area contributed by atoms with Crippen molar-refractivity contribution in [3.63, 3.8) is 0 Å². The van der Waals surface area contributed by atoms with Crippen LogP contribution in [0.1, 0.15) is 39.0 Å². The topological polar surface area (TPSA) is 121 Å². The van der Waals surface area contributed by atoms with E-state index in [4.69, 9.17) is 25.9 Å². The lowest BCUT2D eigenvalue weighted by molar-refractivity contribution is -0.119. The van der Waals surface area contributed by atoms with Crippen molar-refractivity contribution in [1.29, 1.82) is 0 Å². The molecule has 1 aliphatic rings. The number of hydrazone groups is 1. The molecule has 9 nitrogen and oxygen atoms in total. The number of hydrogen-bond acceptors (Lipinski definition) is 6. The number of benzene rings is 3. The Morgan fingerprint density at radius 1 is 1.07 bits per heavy atom. The maximum atomic E-state index is 13.2. The number of carboxylic acid groups (broad SMARTS) is 1. The quantitative estimate of drug-likeness (QED) is 0.261. The minimum absolute atomic E-state index is 0.125. The lowest BCUT2D eigenvalue weighted by Crippen LogP contribution is -2.28. The van der Waals surface area contributed by atoms with Gasteiger partial charge in [0.05, 0.1) is 34.9 Å². The van der Waals surface area contributed by atoms with Gasteiger partial charge in [0.1, 0.15) is 17.3 Å². The molecule has 1 aromatic heterocycles. The fourth-order valence-corrected chi connectivity index (χ4v) is 4.73. The van der Waals surface area contributed by atoms with Gasteiger partial charge in [0.15, 0.2) is 0 Å². The largest absolute Gasteiger partial charge is 0.497 e. The molecule has 1 aliphatic heterocycles. The first-order chi connectivity index (χ1) is 19.7. The number of aromatic carboxylic acids is 1. The highest BCUT2D eigenvalue weighted by atomic mass is 35.5. The summed E-state index contributed by atoms with van der Waals surface area (Å²) in [6.07, 6.45) is 0.291. The lowest BCUT2D eigenvalue weighted by Gasteiger charge is -2.14. The second-order valence-corrected chi connectivity index (χ2v) is 9.90. The van der Waals surface area contributed by atoms with E-state index in [1.54, 1.807) is 56.5 Å². The number of rotatable bonds is 9. The molecule has 2 heterocycles. The van der Waals surface area contributed by atoms with E-state index < -0.39 is 11.9 Å². The normalized spacial score (nSPS) is 14.6. The number of hydrogen-bond donors (Lipinski definition) is 2. The molecule has 5 rings (SSSR count). The molecule has 3 aromatic carbocycles. The average molecular weight is 572 g/mol. The van der Waals surface area contributed by atoms with Gasteiger partial charge in [-0.25, -0.2) is 9.80 Å². The Morgan fingerprint density at radius 2 is 1.85 bits per heavy atom. The number of furan rings is 1. The van der Waals surface area contributed by atoms with Crippen LogP contribution in [0.3, 0.4) is 0 Å². The van der Waals surface area contributed by atoms with E-state index >= 15 is 0 Å². The second-order valence-electron chi connectivity index (χ2n) is 9.49. The van der Waals surface area contributed by atoms with Crippen LogP contribution in [-0.4, -0.2) is 35.7 Å². The highest BCUT2D eigenvalue weighted by Crippen LogP contribution is 2.30. The standard InChI is InChI=1S/C31H26ClN3O6/c1-18-25(30(37)35(34-18)22-9-6-20(7-10-22)31(38)39)16-24-11-13-28(41-24)21-8-12-27(32)26(15-21)29(36)33-17-19-4-3-5-23(14-19)40-2/h3-15,25H,16-17H2,1-2H3,(H,33,36)(H,38,39). The fourth-order valence-electron chi connectivity index (χ4n) is 4.52. The number of nitrogens with zero attached hydrogens (tertiary/aromatic N) is 2. The van der Waals surface area contributed by atoms with Crippen LogP contribution in [0, 0.1) is 5.92 Å². The summed E-state index contributed by atoms with van der Waals surface area (Å²) in [7, 11) is 1.59. The summed E-state index contributed by atoms with van der Waals surface area (Å²) >= 11 is 6.35. The van der Waals surface area contributed by atoms with E-state index in [0.29, 0.717) is 57.8 Å². The molecule has 0 saturated heterocycles. The molecule has 0 spiro atoms. The first-order valence-corrected chi connectivity index (χ1v) is 13.1. The summed E-state index contributed by atoms with van der Waals surface area (Å²) in [5.74, 6) is -0.326. The van der Waals surface area contributed by atoms with Crippen molar-refractivity contribution in [2.24, 2.45) is 11.0 Å². The summed E-state index contributed by atoms with van der Waals surface area (Å²) in [6, 6.07) is 22.0. The van der Waals surface area contributed by atoms with Gasteiger partial charge >= 0.3 is 5.97 Å². The summed E-state index contributed by atoms with van der Waals surface area (Å²) in [4.78, 5) is 37.2. The van der Waals surface area contributed by atoms with E-state index in [-0.39, 0.29) is 17.4 Å². The van der Waals surface area contributed by atoms with Crippen LogP contribution in [0.15, 0.2) is 88.4 Å². The van der Waals surface area contributed by atoms with Crippen molar-refractivity contribution in [2.75, 3.05) is 12.1 Å². The maximum Gasteiger partial charge on any atom is 0.335 e. The molecular formula is C31H26ClN3O6. The van der Waals surface area contributed by atoms with Crippen molar-refractivity contribution in [3.8, 4) is 17.1 Å². The highest BCUT2D eigenvalue weighted by Gasteiger charge is 2.35. The van der Waals surface area contributed by atoms with Crippen LogP contribution < -0.4 is 15.1 Å². The predicted molar refractivity (Wildman–Crippen MR) is 155 cm³/mol.